The normalized spacial score (nSPS) is 11.1. The Labute approximate surface area is 129 Å². The Hall–Kier alpha value is 0.180. The quantitative estimate of drug-likeness (QED) is 0.348. The molecule has 1 rings (SSSR count). The first kappa shape index (κ1) is 16.2. The van der Waals surface area contributed by atoms with Crippen molar-refractivity contribution in [3.05, 3.63) is 35.9 Å². The lowest BCUT2D eigenvalue weighted by molar-refractivity contribution is 0.529. The van der Waals surface area contributed by atoms with E-state index in [-0.39, 0.29) is 0 Å². The van der Waals surface area contributed by atoms with E-state index in [1.807, 2.05) is 0 Å². The predicted molar refractivity (Wildman–Crippen MR) is 88.9 cm³/mol. The van der Waals surface area contributed by atoms with Gasteiger partial charge in [0.25, 0.3) is 0 Å². The third-order valence-electron chi connectivity index (χ3n) is 3.36. The number of rotatable bonds is 10. The Kier molecular flexibility index (Phi) is 9.96. The lowest BCUT2D eigenvalue weighted by Crippen LogP contribution is -2.02. The molecule has 0 fully saturated rings. The Bertz CT molecular complexity index is 280. The van der Waals surface area contributed by atoms with Gasteiger partial charge < -0.3 is 0 Å². The maximum Gasteiger partial charge on any atom is 0.00676 e. The molecule has 0 N–H and O–H groups in total. The molecule has 0 saturated heterocycles. The summed E-state index contributed by atoms with van der Waals surface area (Å²) in [6.45, 7) is 0. The van der Waals surface area contributed by atoms with Crippen molar-refractivity contribution in [3.8, 4) is 0 Å². The highest BCUT2D eigenvalue weighted by atomic mass is 79.9. The zero-order valence-corrected chi connectivity index (χ0v) is 14.3. The molecule has 0 atom stereocenters. The van der Waals surface area contributed by atoms with Crippen LogP contribution in [0.1, 0.15) is 44.1 Å². The molecule has 0 heterocycles. The molecule has 0 saturated carbocycles. The summed E-state index contributed by atoms with van der Waals surface area (Å²) in [5.74, 6) is 0.814. The summed E-state index contributed by atoms with van der Waals surface area (Å²) in [6.07, 6.45) is 9.48. The van der Waals surface area contributed by atoms with Crippen LogP contribution in [0.15, 0.2) is 30.3 Å². The molecule has 1 aromatic rings. The van der Waals surface area contributed by atoms with Crippen LogP contribution in [0, 0.1) is 5.92 Å². The molecule has 0 nitrogen and oxygen atoms in total. The van der Waals surface area contributed by atoms with Crippen molar-refractivity contribution in [1.82, 2.24) is 0 Å². The molecule has 102 valence electrons. The Morgan fingerprint density at radius 2 is 1.39 bits per heavy atom. The van der Waals surface area contributed by atoms with Crippen molar-refractivity contribution in [1.29, 1.82) is 0 Å². The fourth-order valence-corrected chi connectivity index (χ4v) is 3.85. The molecule has 2 heteroatoms. The Balaban J connectivity index is 1.93. The van der Waals surface area contributed by atoms with Crippen molar-refractivity contribution >= 4 is 31.9 Å². The summed E-state index contributed by atoms with van der Waals surface area (Å²) in [7, 11) is 0. The largest absolute Gasteiger partial charge is 0.0925 e. The standard InChI is InChI=1S/C16H24Br2/c17-13-16(14-18)12-6-3-1-2-5-9-15-10-7-4-8-11-15/h4,7-8,10-11,16H,1-3,5-6,9,12-14H2. The van der Waals surface area contributed by atoms with E-state index in [1.54, 1.807) is 0 Å². The van der Waals surface area contributed by atoms with Gasteiger partial charge in [0.2, 0.25) is 0 Å². The fraction of sp³-hybridized carbons (Fsp3) is 0.625. The molecular formula is C16H24Br2. The Morgan fingerprint density at radius 1 is 0.778 bits per heavy atom. The van der Waals surface area contributed by atoms with Crippen LogP contribution in [-0.2, 0) is 6.42 Å². The molecule has 0 aliphatic rings. The molecule has 0 aromatic heterocycles. The monoisotopic (exact) mass is 374 g/mol. The van der Waals surface area contributed by atoms with Crippen molar-refractivity contribution in [3.63, 3.8) is 0 Å². The molecule has 0 aliphatic carbocycles. The van der Waals surface area contributed by atoms with E-state index in [2.05, 4.69) is 62.2 Å². The molecule has 0 bridgehead atoms. The highest BCUT2D eigenvalue weighted by Crippen LogP contribution is 2.16. The van der Waals surface area contributed by atoms with E-state index in [1.165, 1.54) is 50.5 Å². The predicted octanol–water partition coefficient (Wildman–Crippen LogP) is 5.98. The average Bonchev–Trinajstić information content (AvgIpc) is 2.43. The van der Waals surface area contributed by atoms with Crippen molar-refractivity contribution in [2.24, 2.45) is 5.92 Å². The lowest BCUT2D eigenvalue weighted by Gasteiger charge is -2.09. The first-order chi connectivity index (χ1) is 8.86. The number of aryl methyl sites for hydroxylation is 1. The minimum atomic E-state index is 0.814. The van der Waals surface area contributed by atoms with Gasteiger partial charge in [0.1, 0.15) is 0 Å². The van der Waals surface area contributed by atoms with Crippen LogP contribution in [0.4, 0.5) is 0 Å². The maximum absolute atomic E-state index is 3.57. The van der Waals surface area contributed by atoms with Crippen LogP contribution >= 0.6 is 31.9 Å². The van der Waals surface area contributed by atoms with E-state index in [0.717, 1.165) is 16.6 Å². The van der Waals surface area contributed by atoms with Crippen LogP contribution in [-0.4, -0.2) is 10.7 Å². The summed E-state index contributed by atoms with van der Waals surface area (Å²) < 4.78 is 0. The van der Waals surface area contributed by atoms with Crippen molar-refractivity contribution in [2.45, 2.75) is 44.9 Å². The third kappa shape index (κ3) is 7.58. The minimum absolute atomic E-state index is 0.814. The smallest absolute Gasteiger partial charge is 0.00676 e. The molecule has 1 aromatic carbocycles. The van der Waals surface area contributed by atoms with Gasteiger partial charge in [-0.1, -0.05) is 87.9 Å². The highest BCUT2D eigenvalue weighted by molar-refractivity contribution is 9.09. The second kappa shape index (κ2) is 11.0. The van der Waals surface area contributed by atoms with E-state index in [4.69, 9.17) is 0 Å². The summed E-state index contributed by atoms with van der Waals surface area (Å²) in [6, 6.07) is 10.8. The van der Waals surface area contributed by atoms with E-state index >= 15 is 0 Å². The maximum atomic E-state index is 3.57. The van der Waals surface area contributed by atoms with Crippen LogP contribution < -0.4 is 0 Å². The third-order valence-corrected chi connectivity index (χ3v) is 5.19. The summed E-state index contributed by atoms with van der Waals surface area (Å²) >= 11 is 7.13. The number of hydrogen-bond donors (Lipinski definition) is 0. The van der Waals surface area contributed by atoms with Gasteiger partial charge in [-0.2, -0.15) is 0 Å². The number of alkyl halides is 2. The van der Waals surface area contributed by atoms with Crippen molar-refractivity contribution < 1.29 is 0 Å². The van der Waals surface area contributed by atoms with E-state index in [9.17, 15) is 0 Å². The minimum Gasteiger partial charge on any atom is -0.0925 e. The second-order valence-electron chi connectivity index (χ2n) is 4.97. The van der Waals surface area contributed by atoms with E-state index < -0.39 is 0 Å². The lowest BCUT2D eigenvalue weighted by atomic mass is 10.0. The van der Waals surface area contributed by atoms with Gasteiger partial charge >= 0.3 is 0 Å². The van der Waals surface area contributed by atoms with Crippen molar-refractivity contribution in [2.75, 3.05) is 10.7 Å². The molecular weight excluding hydrogens is 352 g/mol. The number of hydrogen-bond acceptors (Lipinski definition) is 0. The fourth-order valence-electron chi connectivity index (χ4n) is 2.13. The van der Waals surface area contributed by atoms with Crippen LogP contribution in [0.25, 0.3) is 0 Å². The van der Waals surface area contributed by atoms with Gasteiger partial charge in [0.15, 0.2) is 0 Å². The van der Waals surface area contributed by atoms with Crippen LogP contribution in [0.2, 0.25) is 0 Å². The molecule has 0 spiro atoms. The number of benzene rings is 1. The van der Waals surface area contributed by atoms with Gasteiger partial charge in [-0.15, -0.1) is 0 Å². The van der Waals surface area contributed by atoms with Crippen LogP contribution in [0.5, 0.6) is 0 Å². The summed E-state index contributed by atoms with van der Waals surface area (Å²) in [5.41, 5.74) is 1.48. The summed E-state index contributed by atoms with van der Waals surface area (Å²) in [4.78, 5) is 0. The second-order valence-corrected chi connectivity index (χ2v) is 6.26. The number of unbranched alkanes of at least 4 members (excludes halogenated alkanes) is 4. The zero-order chi connectivity index (χ0) is 13.1. The molecule has 0 radical (unpaired) electrons. The van der Waals surface area contributed by atoms with Gasteiger partial charge in [-0.3, -0.25) is 0 Å². The SMILES string of the molecule is BrCC(CBr)CCCCCCCc1ccccc1. The van der Waals surface area contributed by atoms with E-state index in [0.29, 0.717) is 0 Å². The van der Waals surface area contributed by atoms with Gasteiger partial charge in [-0.25, -0.2) is 0 Å². The number of halogens is 2. The summed E-state index contributed by atoms with van der Waals surface area (Å²) in [5, 5.41) is 2.26. The molecule has 0 amide bonds. The topological polar surface area (TPSA) is 0 Å². The van der Waals surface area contributed by atoms with Gasteiger partial charge in [-0.05, 0) is 30.7 Å². The highest BCUT2D eigenvalue weighted by Gasteiger charge is 2.04. The molecule has 0 unspecified atom stereocenters. The van der Waals surface area contributed by atoms with Crippen LogP contribution in [0.3, 0.4) is 0 Å². The van der Waals surface area contributed by atoms with Gasteiger partial charge in [0, 0.05) is 10.7 Å². The first-order valence-corrected chi connectivity index (χ1v) is 9.27. The first-order valence-electron chi connectivity index (χ1n) is 7.02. The molecule has 18 heavy (non-hydrogen) atoms. The zero-order valence-electron chi connectivity index (χ0n) is 11.1. The Morgan fingerprint density at radius 3 is 2.06 bits per heavy atom. The molecule has 0 aliphatic heterocycles. The average molecular weight is 376 g/mol. The van der Waals surface area contributed by atoms with Gasteiger partial charge in [0.05, 0.1) is 0 Å².